The third-order valence-corrected chi connectivity index (χ3v) is 5.67. The molecule has 0 radical (unpaired) electrons. The lowest BCUT2D eigenvalue weighted by Crippen LogP contribution is -2.18. The van der Waals surface area contributed by atoms with Crippen LogP contribution < -0.4 is 10.1 Å². The number of thiophene rings is 1. The lowest BCUT2D eigenvalue weighted by Gasteiger charge is -2.16. The molecule has 3 aromatic carbocycles. The predicted molar refractivity (Wildman–Crippen MR) is 116 cm³/mol. The van der Waals surface area contributed by atoms with Gasteiger partial charge in [-0.1, -0.05) is 42.5 Å². The highest BCUT2D eigenvalue weighted by Gasteiger charge is 2.10. The van der Waals surface area contributed by atoms with Crippen molar-refractivity contribution >= 4 is 22.1 Å². The summed E-state index contributed by atoms with van der Waals surface area (Å²) in [5.74, 6) is 0.916. The molecule has 0 fully saturated rings. The molecule has 0 spiro atoms. The third-order valence-electron chi connectivity index (χ3n) is 4.98. The number of ether oxygens (including phenoxy) is 1. The largest absolute Gasteiger partial charge is 0.496 e. The second kappa shape index (κ2) is 7.95. The molecule has 1 N–H and O–H groups in total. The molecular weight excluding hydrogens is 350 g/mol. The van der Waals surface area contributed by atoms with Crippen LogP contribution in [0.3, 0.4) is 0 Å². The average molecular weight is 374 g/mol. The van der Waals surface area contributed by atoms with E-state index in [2.05, 4.69) is 89.7 Å². The summed E-state index contributed by atoms with van der Waals surface area (Å²) in [4.78, 5) is 0. The van der Waals surface area contributed by atoms with Crippen molar-refractivity contribution in [3.05, 3.63) is 88.6 Å². The first kappa shape index (κ1) is 17.8. The van der Waals surface area contributed by atoms with Gasteiger partial charge in [0.1, 0.15) is 5.75 Å². The minimum absolute atomic E-state index is 0.279. The van der Waals surface area contributed by atoms with Crippen LogP contribution in [0.25, 0.3) is 21.9 Å². The van der Waals surface area contributed by atoms with Crippen LogP contribution in [0.1, 0.15) is 24.1 Å². The summed E-state index contributed by atoms with van der Waals surface area (Å²) in [5, 5.41) is 10.5. The fourth-order valence-electron chi connectivity index (χ4n) is 3.37. The number of methoxy groups -OCH3 is 1. The van der Waals surface area contributed by atoms with E-state index in [0.29, 0.717) is 0 Å². The molecule has 1 aromatic heterocycles. The minimum Gasteiger partial charge on any atom is -0.496 e. The summed E-state index contributed by atoms with van der Waals surface area (Å²) in [6.45, 7) is 3.03. The quantitative estimate of drug-likeness (QED) is 0.420. The van der Waals surface area contributed by atoms with Crippen molar-refractivity contribution in [1.29, 1.82) is 0 Å². The molecule has 0 amide bonds. The zero-order valence-corrected chi connectivity index (χ0v) is 16.4. The molecule has 27 heavy (non-hydrogen) atoms. The van der Waals surface area contributed by atoms with Gasteiger partial charge >= 0.3 is 0 Å². The molecule has 1 heterocycles. The summed E-state index contributed by atoms with van der Waals surface area (Å²) in [5.41, 5.74) is 4.92. The molecular formula is C24H23NOS. The Morgan fingerprint density at radius 2 is 1.81 bits per heavy atom. The monoisotopic (exact) mass is 373 g/mol. The van der Waals surface area contributed by atoms with E-state index in [1.807, 2.05) is 0 Å². The summed E-state index contributed by atoms with van der Waals surface area (Å²) in [7, 11) is 1.73. The van der Waals surface area contributed by atoms with Gasteiger partial charge < -0.3 is 10.1 Å². The first-order valence-electron chi connectivity index (χ1n) is 9.16. The van der Waals surface area contributed by atoms with Crippen molar-refractivity contribution in [1.82, 2.24) is 5.32 Å². The molecule has 1 atom stereocenters. The Morgan fingerprint density at radius 1 is 0.963 bits per heavy atom. The van der Waals surface area contributed by atoms with Crippen molar-refractivity contribution in [2.75, 3.05) is 7.11 Å². The maximum Gasteiger partial charge on any atom is 0.126 e. The van der Waals surface area contributed by atoms with Crippen LogP contribution in [-0.4, -0.2) is 7.11 Å². The fourth-order valence-corrected chi connectivity index (χ4v) is 4.03. The number of benzene rings is 3. The van der Waals surface area contributed by atoms with E-state index in [4.69, 9.17) is 4.74 Å². The van der Waals surface area contributed by atoms with Crippen molar-refractivity contribution in [3.63, 3.8) is 0 Å². The van der Waals surface area contributed by atoms with Gasteiger partial charge in [-0.3, -0.25) is 0 Å². The lowest BCUT2D eigenvalue weighted by molar-refractivity contribution is 0.416. The Labute approximate surface area is 164 Å². The summed E-state index contributed by atoms with van der Waals surface area (Å²) in [6.07, 6.45) is 0. The van der Waals surface area contributed by atoms with E-state index in [0.717, 1.165) is 17.9 Å². The Morgan fingerprint density at radius 3 is 2.59 bits per heavy atom. The highest BCUT2D eigenvalue weighted by molar-refractivity contribution is 7.08. The maximum absolute atomic E-state index is 5.54. The van der Waals surface area contributed by atoms with E-state index in [-0.39, 0.29) is 6.04 Å². The lowest BCUT2D eigenvalue weighted by atomic mass is 10.0. The number of rotatable bonds is 6. The van der Waals surface area contributed by atoms with Gasteiger partial charge in [-0.2, -0.15) is 11.3 Å². The molecule has 0 saturated carbocycles. The highest BCUT2D eigenvalue weighted by atomic mass is 32.1. The van der Waals surface area contributed by atoms with Crippen LogP contribution in [0.4, 0.5) is 0 Å². The van der Waals surface area contributed by atoms with Crippen LogP contribution in [0.5, 0.6) is 5.75 Å². The summed E-state index contributed by atoms with van der Waals surface area (Å²) < 4.78 is 5.54. The Balaban J connectivity index is 1.51. The van der Waals surface area contributed by atoms with Gasteiger partial charge in [0.2, 0.25) is 0 Å². The molecule has 2 nitrogen and oxygen atoms in total. The van der Waals surface area contributed by atoms with Crippen LogP contribution in [0.2, 0.25) is 0 Å². The van der Waals surface area contributed by atoms with E-state index in [9.17, 15) is 0 Å². The first-order chi connectivity index (χ1) is 13.2. The van der Waals surface area contributed by atoms with E-state index < -0.39 is 0 Å². The summed E-state index contributed by atoms with van der Waals surface area (Å²) >= 11 is 1.70. The van der Waals surface area contributed by atoms with Gasteiger partial charge in [-0.05, 0) is 69.4 Å². The number of hydrogen-bond acceptors (Lipinski definition) is 3. The molecule has 1 unspecified atom stereocenters. The first-order valence-corrected chi connectivity index (χ1v) is 10.1. The van der Waals surface area contributed by atoms with Crippen LogP contribution in [0.15, 0.2) is 77.5 Å². The Hall–Kier alpha value is -2.62. The molecule has 0 bridgehead atoms. The molecule has 4 aromatic rings. The SMILES string of the molecule is COc1ccc(CNC(C)c2ccc3ccccc3c2)cc1-c1ccsc1. The second-order valence-electron chi connectivity index (χ2n) is 6.76. The third kappa shape index (κ3) is 3.90. The topological polar surface area (TPSA) is 21.3 Å². The standard InChI is InChI=1S/C24H23NOS/c1-17(20-9-8-19-5-3-4-6-21(19)14-20)25-15-18-7-10-24(26-2)23(13-18)22-11-12-27-16-22/h3-14,16-17,25H,15H2,1-2H3. The van der Waals surface area contributed by atoms with Gasteiger partial charge in [-0.25, -0.2) is 0 Å². The Bertz CT molecular complexity index is 1040. The normalized spacial score (nSPS) is 12.2. The van der Waals surface area contributed by atoms with Crippen LogP contribution in [-0.2, 0) is 6.54 Å². The number of hydrogen-bond donors (Lipinski definition) is 1. The zero-order valence-electron chi connectivity index (χ0n) is 15.6. The van der Waals surface area contributed by atoms with Gasteiger partial charge in [0.05, 0.1) is 7.11 Å². The number of fused-ring (bicyclic) bond motifs is 1. The zero-order chi connectivity index (χ0) is 18.6. The van der Waals surface area contributed by atoms with Gasteiger partial charge in [-0.15, -0.1) is 0 Å². The fraction of sp³-hybridized carbons (Fsp3) is 0.167. The predicted octanol–water partition coefficient (Wildman–Crippen LogP) is 6.43. The molecule has 0 aliphatic heterocycles. The van der Waals surface area contributed by atoms with Crippen LogP contribution in [0, 0.1) is 0 Å². The maximum atomic E-state index is 5.54. The molecule has 136 valence electrons. The van der Waals surface area contributed by atoms with E-state index in [1.165, 1.54) is 27.5 Å². The van der Waals surface area contributed by atoms with Crippen molar-refractivity contribution in [2.45, 2.75) is 19.5 Å². The van der Waals surface area contributed by atoms with Crippen molar-refractivity contribution in [2.24, 2.45) is 0 Å². The molecule has 0 aliphatic rings. The molecule has 0 aliphatic carbocycles. The van der Waals surface area contributed by atoms with Crippen molar-refractivity contribution < 1.29 is 4.74 Å². The van der Waals surface area contributed by atoms with E-state index >= 15 is 0 Å². The van der Waals surface area contributed by atoms with Gasteiger partial charge in [0, 0.05) is 18.2 Å². The van der Waals surface area contributed by atoms with Crippen molar-refractivity contribution in [3.8, 4) is 16.9 Å². The molecule has 0 saturated heterocycles. The number of nitrogens with one attached hydrogen (secondary N) is 1. The van der Waals surface area contributed by atoms with Gasteiger partial charge in [0.15, 0.2) is 0 Å². The van der Waals surface area contributed by atoms with E-state index in [1.54, 1.807) is 18.4 Å². The Kier molecular flexibility index (Phi) is 5.23. The highest BCUT2D eigenvalue weighted by Crippen LogP contribution is 2.32. The second-order valence-corrected chi connectivity index (χ2v) is 7.54. The summed E-state index contributed by atoms with van der Waals surface area (Å²) in [6, 6.07) is 24.0. The average Bonchev–Trinajstić information content (AvgIpc) is 3.26. The molecule has 4 rings (SSSR count). The molecule has 3 heteroatoms. The van der Waals surface area contributed by atoms with Crippen LogP contribution >= 0.6 is 11.3 Å². The minimum atomic E-state index is 0.279. The van der Waals surface area contributed by atoms with Gasteiger partial charge in [0.25, 0.3) is 0 Å². The smallest absolute Gasteiger partial charge is 0.126 e.